The Balaban J connectivity index is 1.26. The Hall–Kier alpha value is -6.51. The molecule has 2 heterocycles. The van der Waals surface area contributed by atoms with Crippen LogP contribution in [-0.4, -0.2) is 4.98 Å². The van der Waals surface area contributed by atoms with Gasteiger partial charge in [-0.15, -0.1) is 0 Å². The van der Waals surface area contributed by atoms with Crippen molar-refractivity contribution in [1.82, 2.24) is 4.98 Å². The van der Waals surface area contributed by atoms with Crippen molar-refractivity contribution in [3.8, 4) is 44.8 Å². The fraction of sp³-hybridized carbons (Fsp3) is 0. The third kappa shape index (κ3) is 4.53. The van der Waals surface area contributed by atoms with E-state index in [-0.39, 0.29) is 0 Å². The highest BCUT2D eigenvalue weighted by molar-refractivity contribution is 6.29. The second kappa shape index (κ2) is 11.0. The van der Waals surface area contributed by atoms with Crippen molar-refractivity contribution in [2.75, 3.05) is 0 Å². The molecule has 0 radical (unpaired) electrons. The van der Waals surface area contributed by atoms with Crippen LogP contribution >= 0.6 is 0 Å². The van der Waals surface area contributed by atoms with Crippen LogP contribution in [0.2, 0.25) is 0 Å². The molecule has 0 bridgehead atoms. The SMILES string of the molecule is c1ccc(-c2cc(-c3ccccc3)nc(-c3ccc4c5ccccc5c5cccc(-c6ccc7oc8ccccc8c7c6)c5c4c3)c2)cc1. The molecular formula is C47H29NO. The highest BCUT2D eigenvalue weighted by Crippen LogP contribution is 2.43. The topological polar surface area (TPSA) is 26.0 Å². The molecule has 228 valence electrons. The van der Waals surface area contributed by atoms with Crippen LogP contribution in [0.5, 0.6) is 0 Å². The Morgan fingerprint density at radius 1 is 0.306 bits per heavy atom. The molecule has 0 aliphatic carbocycles. The molecule has 2 aromatic heterocycles. The number of para-hydroxylation sites is 1. The number of furan rings is 1. The van der Waals surface area contributed by atoms with Gasteiger partial charge in [0, 0.05) is 21.9 Å². The van der Waals surface area contributed by atoms with E-state index in [1.165, 1.54) is 49.0 Å². The molecule has 10 aromatic rings. The lowest BCUT2D eigenvalue weighted by molar-refractivity contribution is 0.669. The molecule has 0 saturated carbocycles. The zero-order valence-corrected chi connectivity index (χ0v) is 26.6. The number of hydrogen-bond donors (Lipinski definition) is 0. The van der Waals surface area contributed by atoms with Crippen molar-refractivity contribution in [1.29, 1.82) is 0 Å². The summed E-state index contributed by atoms with van der Waals surface area (Å²) < 4.78 is 6.20. The van der Waals surface area contributed by atoms with Gasteiger partial charge in [-0.2, -0.15) is 0 Å². The summed E-state index contributed by atoms with van der Waals surface area (Å²) in [7, 11) is 0. The average molecular weight is 624 g/mol. The number of benzene rings is 8. The van der Waals surface area contributed by atoms with Crippen LogP contribution in [0.3, 0.4) is 0 Å². The minimum atomic E-state index is 0.904. The smallest absolute Gasteiger partial charge is 0.135 e. The highest BCUT2D eigenvalue weighted by atomic mass is 16.3. The molecular weight excluding hydrogens is 595 g/mol. The van der Waals surface area contributed by atoms with E-state index in [1.807, 2.05) is 12.1 Å². The lowest BCUT2D eigenvalue weighted by Gasteiger charge is -2.16. The molecule has 0 spiro atoms. The zero-order valence-electron chi connectivity index (χ0n) is 26.6. The van der Waals surface area contributed by atoms with Crippen LogP contribution in [0.4, 0.5) is 0 Å². The van der Waals surface area contributed by atoms with Crippen LogP contribution in [0.15, 0.2) is 180 Å². The second-order valence-corrected chi connectivity index (χ2v) is 12.7. The molecule has 0 N–H and O–H groups in total. The number of pyridine rings is 1. The minimum Gasteiger partial charge on any atom is -0.456 e. The van der Waals surface area contributed by atoms with Crippen molar-refractivity contribution in [2.45, 2.75) is 0 Å². The first-order valence-electron chi connectivity index (χ1n) is 16.7. The molecule has 0 atom stereocenters. The molecule has 2 heteroatoms. The maximum absolute atomic E-state index is 6.20. The van der Waals surface area contributed by atoms with Gasteiger partial charge in [-0.1, -0.05) is 140 Å². The fourth-order valence-electron chi connectivity index (χ4n) is 7.53. The summed E-state index contributed by atoms with van der Waals surface area (Å²) in [5, 5.41) is 9.70. The maximum Gasteiger partial charge on any atom is 0.135 e. The Morgan fingerprint density at radius 3 is 1.67 bits per heavy atom. The van der Waals surface area contributed by atoms with Crippen molar-refractivity contribution in [3.63, 3.8) is 0 Å². The first-order valence-corrected chi connectivity index (χ1v) is 16.7. The lowest BCUT2D eigenvalue weighted by atomic mass is 9.88. The monoisotopic (exact) mass is 623 g/mol. The number of fused-ring (bicyclic) bond motifs is 9. The van der Waals surface area contributed by atoms with Gasteiger partial charge in [0.2, 0.25) is 0 Å². The van der Waals surface area contributed by atoms with Gasteiger partial charge in [0.25, 0.3) is 0 Å². The van der Waals surface area contributed by atoms with Crippen LogP contribution in [0.1, 0.15) is 0 Å². The second-order valence-electron chi connectivity index (χ2n) is 12.7. The van der Waals surface area contributed by atoms with Crippen LogP contribution in [0, 0.1) is 0 Å². The minimum absolute atomic E-state index is 0.904. The van der Waals surface area contributed by atoms with Crippen LogP contribution in [-0.2, 0) is 0 Å². The molecule has 0 amide bonds. The van der Waals surface area contributed by atoms with E-state index < -0.39 is 0 Å². The van der Waals surface area contributed by atoms with Crippen LogP contribution < -0.4 is 0 Å². The predicted molar refractivity (Wildman–Crippen MR) is 206 cm³/mol. The van der Waals surface area contributed by atoms with Gasteiger partial charge in [-0.25, -0.2) is 4.98 Å². The first-order chi connectivity index (χ1) is 24.3. The van der Waals surface area contributed by atoms with Gasteiger partial charge in [0.15, 0.2) is 0 Å². The maximum atomic E-state index is 6.20. The van der Waals surface area contributed by atoms with Crippen molar-refractivity contribution in [3.05, 3.63) is 176 Å². The summed E-state index contributed by atoms with van der Waals surface area (Å²) in [5.74, 6) is 0. The zero-order chi connectivity index (χ0) is 32.3. The summed E-state index contributed by atoms with van der Waals surface area (Å²) in [4.78, 5) is 5.28. The Labute approximate surface area is 283 Å². The van der Waals surface area contributed by atoms with Crippen LogP contribution in [0.25, 0.3) is 99.0 Å². The molecule has 0 aliphatic heterocycles. The summed E-state index contributed by atoms with van der Waals surface area (Å²) in [6.45, 7) is 0. The van der Waals surface area contributed by atoms with Gasteiger partial charge >= 0.3 is 0 Å². The summed E-state index contributed by atoms with van der Waals surface area (Å²) >= 11 is 0. The number of hydrogen-bond acceptors (Lipinski definition) is 2. The van der Waals surface area contributed by atoms with Gasteiger partial charge in [-0.3, -0.25) is 0 Å². The molecule has 8 aromatic carbocycles. The van der Waals surface area contributed by atoms with E-state index in [0.29, 0.717) is 0 Å². The Kier molecular flexibility index (Phi) is 6.22. The van der Waals surface area contributed by atoms with Gasteiger partial charge in [-0.05, 0) is 91.0 Å². The van der Waals surface area contributed by atoms with E-state index in [2.05, 4.69) is 164 Å². The van der Waals surface area contributed by atoms with Gasteiger partial charge in [0.1, 0.15) is 11.2 Å². The largest absolute Gasteiger partial charge is 0.456 e. The first kappa shape index (κ1) is 27.6. The third-order valence-corrected chi connectivity index (χ3v) is 9.85. The fourth-order valence-corrected chi connectivity index (χ4v) is 7.53. The van der Waals surface area contributed by atoms with Gasteiger partial charge < -0.3 is 4.42 Å². The van der Waals surface area contributed by atoms with E-state index >= 15 is 0 Å². The standard InChI is InChI=1S/C47H29NO/c1-3-12-30(13-4-1)34-28-43(31-14-5-2-6-15-31)48-44(29-34)33-22-24-38-36-16-7-8-17-37(36)40-20-11-19-35(47(40)42(38)27-33)32-23-25-46-41(26-32)39-18-9-10-21-45(39)49-46/h1-29H. The third-order valence-electron chi connectivity index (χ3n) is 9.85. The van der Waals surface area contributed by atoms with E-state index in [9.17, 15) is 0 Å². The normalized spacial score (nSPS) is 11.7. The summed E-state index contributed by atoms with van der Waals surface area (Å²) in [6.07, 6.45) is 0. The van der Waals surface area contributed by atoms with E-state index in [1.54, 1.807) is 0 Å². The molecule has 49 heavy (non-hydrogen) atoms. The van der Waals surface area contributed by atoms with Crippen molar-refractivity contribution in [2.24, 2.45) is 0 Å². The molecule has 0 fully saturated rings. The number of aromatic nitrogens is 1. The number of nitrogens with zero attached hydrogens (tertiary/aromatic N) is 1. The summed E-state index contributed by atoms with van der Waals surface area (Å²) in [5.41, 5.74) is 10.6. The molecule has 10 rings (SSSR count). The average Bonchev–Trinajstić information content (AvgIpc) is 3.56. The molecule has 0 saturated heterocycles. The Morgan fingerprint density at radius 2 is 0.878 bits per heavy atom. The van der Waals surface area contributed by atoms with E-state index in [4.69, 9.17) is 9.40 Å². The highest BCUT2D eigenvalue weighted by Gasteiger charge is 2.17. The van der Waals surface area contributed by atoms with Crippen molar-refractivity contribution >= 4 is 54.3 Å². The lowest BCUT2D eigenvalue weighted by Crippen LogP contribution is -1.92. The predicted octanol–water partition coefficient (Wildman–Crippen LogP) is 13.1. The van der Waals surface area contributed by atoms with E-state index in [0.717, 1.165) is 50.0 Å². The molecule has 2 nitrogen and oxygen atoms in total. The molecule has 0 unspecified atom stereocenters. The summed E-state index contributed by atoms with van der Waals surface area (Å²) in [6, 6.07) is 62.7. The number of rotatable bonds is 4. The quantitative estimate of drug-likeness (QED) is 0.182. The van der Waals surface area contributed by atoms with Gasteiger partial charge in [0.05, 0.1) is 11.4 Å². The Bertz CT molecular complexity index is 2810. The molecule has 0 aliphatic rings. The van der Waals surface area contributed by atoms with Crippen molar-refractivity contribution < 1.29 is 4.42 Å².